The highest BCUT2D eigenvalue weighted by molar-refractivity contribution is 5.85. The molecule has 3 rings (SSSR count). The van der Waals surface area contributed by atoms with Gasteiger partial charge in [0.2, 0.25) is 0 Å². The van der Waals surface area contributed by atoms with Gasteiger partial charge in [-0.2, -0.15) is 0 Å². The minimum Gasteiger partial charge on any atom is -0.480 e. The number of nitrogens with zero attached hydrogens (tertiary/aromatic N) is 1. The predicted octanol–water partition coefficient (Wildman–Crippen LogP) is 1.98. The van der Waals surface area contributed by atoms with Gasteiger partial charge in [0.25, 0.3) is 0 Å². The summed E-state index contributed by atoms with van der Waals surface area (Å²) in [7, 11) is 0. The molecule has 0 saturated heterocycles. The van der Waals surface area contributed by atoms with Crippen LogP contribution in [0.15, 0.2) is 30.5 Å². The van der Waals surface area contributed by atoms with Crippen LogP contribution in [0.3, 0.4) is 0 Å². The molecule has 0 bridgehead atoms. The minimum absolute atomic E-state index is 0.0178. The fourth-order valence-corrected chi connectivity index (χ4v) is 2.28. The van der Waals surface area contributed by atoms with Crippen LogP contribution in [0, 0.1) is 0 Å². The monoisotopic (exact) mass is 244 g/mol. The lowest BCUT2D eigenvalue weighted by atomic mass is 10.2. The minimum atomic E-state index is -0.808. The Balaban J connectivity index is 1.93. The molecule has 2 aromatic rings. The van der Waals surface area contributed by atoms with Crippen molar-refractivity contribution in [1.82, 2.24) is 9.88 Å². The van der Waals surface area contributed by atoms with Gasteiger partial charge in [0.05, 0.1) is 0 Å². The van der Waals surface area contributed by atoms with Crippen LogP contribution in [0.5, 0.6) is 0 Å². The second-order valence-electron chi connectivity index (χ2n) is 4.85. The Hall–Kier alpha value is -1.81. The SMILES string of the molecule is O=C(O)Cn1cc(CNC2CC2)c2ccccc21. The number of hydrogen-bond acceptors (Lipinski definition) is 2. The van der Waals surface area contributed by atoms with Crippen molar-refractivity contribution in [2.24, 2.45) is 0 Å². The van der Waals surface area contributed by atoms with Crippen LogP contribution in [0.2, 0.25) is 0 Å². The summed E-state index contributed by atoms with van der Waals surface area (Å²) in [6.07, 6.45) is 4.47. The Morgan fingerprint density at radius 3 is 2.89 bits per heavy atom. The van der Waals surface area contributed by atoms with Gasteiger partial charge in [-0.15, -0.1) is 0 Å². The molecule has 18 heavy (non-hydrogen) atoms. The third-order valence-corrected chi connectivity index (χ3v) is 3.34. The maximum atomic E-state index is 10.9. The average Bonchev–Trinajstić information content (AvgIpc) is 3.11. The van der Waals surface area contributed by atoms with E-state index in [-0.39, 0.29) is 6.54 Å². The summed E-state index contributed by atoms with van der Waals surface area (Å²) in [6, 6.07) is 8.62. The van der Waals surface area contributed by atoms with E-state index in [2.05, 4.69) is 11.4 Å². The number of aliphatic carboxylic acids is 1. The second-order valence-corrected chi connectivity index (χ2v) is 4.85. The van der Waals surface area contributed by atoms with Gasteiger partial charge in [0.1, 0.15) is 6.54 Å². The van der Waals surface area contributed by atoms with E-state index in [1.54, 1.807) is 0 Å². The molecule has 4 heteroatoms. The van der Waals surface area contributed by atoms with Crippen molar-refractivity contribution in [3.63, 3.8) is 0 Å². The maximum absolute atomic E-state index is 10.9. The Kier molecular flexibility index (Phi) is 2.80. The molecule has 1 saturated carbocycles. The summed E-state index contributed by atoms with van der Waals surface area (Å²) >= 11 is 0. The third kappa shape index (κ3) is 2.24. The van der Waals surface area contributed by atoms with E-state index in [0.717, 1.165) is 17.4 Å². The van der Waals surface area contributed by atoms with E-state index in [1.807, 2.05) is 29.0 Å². The molecule has 4 nitrogen and oxygen atoms in total. The number of nitrogens with one attached hydrogen (secondary N) is 1. The first-order valence-electron chi connectivity index (χ1n) is 6.26. The first-order chi connectivity index (χ1) is 8.74. The lowest BCUT2D eigenvalue weighted by Crippen LogP contribution is -2.15. The van der Waals surface area contributed by atoms with Crippen molar-refractivity contribution in [2.75, 3.05) is 0 Å². The quantitative estimate of drug-likeness (QED) is 0.845. The van der Waals surface area contributed by atoms with Gasteiger partial charge in [0.15, 0.2) is 0 Å². The fourth-order valence-electron chi connectivity index (χ4n) is 2.28. The number of carboxylic acid groups (broad SMARTS) is 1. The molecule has 1 aliphatic rings. The maximum Gasteiger partial charge on any atom is 0.323 e. The van der Waals surface area contributed by atoms with E-state index < -0.39 is 5.97 Å². The van der Waals surface area contributed by atoms with Gasteiger partial charge in [-0.3, -0.25) is 4.79 Å². The molecule has 1 aliphatic carbocycles. The summed E-state index contributed by atoms with van der Waals surface area (Å²) in [5.74, 6) is -0.808. The highest BCUT2D eigenvalue weighted by Crippen LogP contribution is 2.24. The zero-order valence-electron chi connectivity index (χ0n) is 10.1. The molecule has 0 spiro atoms. The van der Waals surface area contributed by atoms with Gasteiger partial charge in [-0.05, 0) is 24.5 Å². The smallest absolute Gasteiger partial charge is 0.323 e. The van der Waals surface area contributed by atoms with Crippen molar-refractivity contribution in [3.05, 3.63) is 36.0 Å². The number of fused-ring (bicyclic) bond motifs is 1. The first kappa shape index (κ1) is 11.3. The Labute approximate surface area is 105 Å². The van der Waals surface area contributed by atoms with E-state index in [9.17, 15) is 4.79 Å². The van der Waals surface area contributed by atoms with Gasteiger partial charge >= 0.3 is 5.97 Å². The van der Waals surface area contributed by atoms with Crippen LogP contribution in [-0.4, -0.2) is 21.7 Å². The van der Waals surface area contributed by atoms with Crippen LogP contribution in [0.1, 0.15) is 18.4 Å². The zero-order chi connectivity index (χ0) is 12.5. The van der Waals surface area contributed by atoms with Crippen molar-refractivity contribution in [2.45, 2.75) is 32.0 Å². The van der Waals surface area contributed by atoms with Crippen LogP contribution in [-0.2, 0) is 17.9 Å². The molecular formula is C14H16N2O2. The van der Waals surface area contributed by atoms with Crippen molar-refractivity contribution in [3.8, 4) is 0 Å². The molecule has 1 aromatic heterocycles. The second kappa shape index (κ2) is 4.46. The number of rotatable bonds is 5. The zero-order valence-corrected chi connectivity index (χ0v) is 10.1. The number of benzene rings is 1. The summed E-state index contributed by atoms with van der Waals surface area (Å²) in [5, 5.41) is 13.5. The molecule has 0 atom stereocenters. The standard InChI is InChI=1S/C14H16N2O2/c17-14(18)9-16-8-10(7-15-11-5-6-11)12-3-1-2-4-13(12)16/h1-4,8,11,15H,5-7,9H2,(H,17,18). The summed E-state index contributed by atoms with van der Waals surface area (Å²) < 4.78 is 1.81. The summed E-state index contributed by atoms with van der Waals surface area (Å²) in [6.45, 7) is 0.835. The molecule has 0 unspecified atom stereocenters. The highest BCUT2D eigenvalue weighted by atomic mass is 16.4. The average molecular weight is 244 g/mol. The largest absolute Gasteiger partial charge is 0.480 e. The van der Waals surface area contributed by atoms with Crippen molar-refractivity contribution < 1.29 is 9.90 Å². The first-order valence-corrected chi connectivity index (χ1v) is 6.26. The third-order valence-electron chi connectivity index (χ3n) is 3.34. The van der Waals surface area contributed by atoms with E-state index in [1.165, 1.54) is 18.4 Å². The van der Waals surface area contributed by atoms with Gasteiger partial charge < -0.3 is 15.0 Å². The van der Waals surface area contributed by atoms with E-state index in [0.29, 0.717) is 6.04 Å². The lowest BCUT2D eigenvalue weighted by molar-refractivity contribution is -0.137. The predicted molar refractivity (Wildman–Crippen MR) is 69.4 cm³/mol. The number of carbonyl (C=O) groups is 1. The van der Waals surface area contributed by atoms with Crippen molar-refractivity contribution >= 4 is 16.9 Å². The normalized spacial score (nSPS) is 15.1. The van der Waals surface area contributed by atoms with Crippen LogP contribution in [0.4, 0.5) is 0 Å². The molecule has 1 heterocycles. The number of aromatic nitrogens is 1. The fraction of sp³-hybridized carbons (Fsp3) is 0.357. The highest BCUT2D eigenvalue weighted by Gasteiger charge is 2.20. The van der Waals surface area contributed by atoms with E-state index in [4.69, 9.17) is 5.11 Å². The van der Waals surface area contributed by atoms with Gasteiger partial charge in [-0.25, -0.2) is 0 Å². The Morgan fingerprint density at radius 1 is 1.39 bits per heavy atom. The molecule has 0 amide bonds. The van der Waals surface area contributed by atoms with Crippen LogP contribution >= 0.6 is 0 Å². The topological polar surface area (TPSA) is 54.3 Å². The Morgan fingerprint density at radius 2 is 2.17 bits per heavy atom. The lowest BCUT2D eigenvalue weighted by Gasteiger charge is -2.00. The molecule has 1 aromatic carbocycles. The molecule has 0 aliphatic heterocycles. The number of hydrogen-bond donors (Lipinski definition) is 2. The van der Waals surface area contributed by atoms with E-state index >= 15 is 0 Å². The molecule has 94 valence electrons. The summed E-state index contributed by atoms with van der Waals surface area (Å²) in [4.78, 5) is 10.9. The number of para-hydroxylation sites is 1. The molecular weight excluding hydrogens is 228 g/mol. The van der Waals surface area contributed by atoms with Crippen LogP contribution in [0.25, 0.3) is 10.9 Å². The Bertz CT molecular complexity index is 584. The summed E-state index contributed by atoms with van der Waals surface area (Å²) in [5.41, 5.74) is 2.17. The molecule has 1 fully saturated rings. The van der Waals surface area contributed by atoms with Crippen molar-refractivity contribution in [1.29, 1.82) is 0 Å². The van der Waals surface area contributed by atoms with Crippen LogP contribution < -0.4 is 5.32 Å². The molecule has 2 N–H and O–H groups in total. The van der Waals surface area contributed by atoms with Gasteiger partial charge in [-0.1, -0.05) is 18.2 Å². The van der Waals surface area contributed by atoms with Gasteiger partial charge in [0, 0.05) is 29.7 Å². The molecule has 0 radical (unpaired) electrons. The number of carboxylic acids is 1.